The highest BCUT2D eigenvalue weighted by molar-refractivity contribution is 7.89. The van der Waals surface area contributed by atoms with E-state index in [9.17, 15) is 13.2 Å². The molecule has 35 heavy (non-hydrogen) atoms. The molecule has 0 spiro atoms. The minimum atomic E-state index is -3.56. The lowest BCUT2D eigenvalue weighted by Gasteiger charge is -2.20. The molecule has 1 N–H and O–H groups in total. The van der Waals surface area contributed by atoms with E-state index in [0.717, 1.165) is 31.1 Å². The van der Waals surface area contributed by atoms with Gasteiger partial charge < -0.3 is 9.15 Å². The lowest BCUT2D eigenvalue weighted by Crippen LogP contribution is -2.31. The van der Waals surface area contributed by atoms with Crippen LogP contribution in [-0.4, -0.2) is 43.8 Å². The van der Waals surface area contributed by atoms with Crippen LogP contribution in [0.5, 0.6) is 5.75 Å². The summed E-state index contributed by atoms with van der Waals surface area (Å²) >= 11 is 1.28. The molecule has 2 aromatic carbocycles. The number of ether oxygens (including phenoxy) is 1. The zero-order valence-electron chi connectivity index (χ0n) is 19.2. The Morgan fingerprint density at radius 3 is 2.51 bits per heavy atom. The van der Waals surface area contributed by atoms with Crippen LogP contribution in [-0.2, 0) is 10.0 Å². The molecule has 1 amide bonds. The Balaban J connectivity index is 1.28. The molecule has 0 saturated carbocycles. The predicted octanol–water partition coefficient (Wildman–Crippen LogP) is 5.38. The number of fused-ring (bicyclic) bond motifs is 1. The fraction of sp³-hybridized carbons (Fsp3) is 0.280. The Kier molecular flexibility index (Phi) is 6.59. The number of sulfonamides is 1. The highest BCUT2D eigenvalue weighted by Crippen LogP contribution is 2.32. The Morgan fingerprint density at radius 1 is 1.06 bits per heavy atom. The molecule has 2 aromatic heterocycles. The highest BCUT2D eigenvalue weighted by atomic mass is 32.2. The third kappa shape index (κ3) is 4.95. The normalized spacial score (nSPS) is 15.1. The molecule has 10 heteroatoms. The Hall–Kier alpha value is -3.21. The number of anilines is 1. The van der Waals surface area contributed by atoms with E-state index >= 15 is 0 Å². The molecule has 5 rings (SSSR count). The van der Waals surface area contributed by atoms with E-state index in [1.165, 1.54) is 35.6 Å². The predicted molar refractivity (Wildman–Crippen MR) is 135 cm³/mol. The fourth-order valence-corrected chi connectivity index (χ4v) is 6.30. The standard InChI is InChI=1S/C25H25N3O5S2/c1-32-19-9-6-18-14-23(33-22(18)15-19)21-16-34-25(26-21)27-24(29)17-7-10-20(11-8-17)35(30,31)28-12-4-2-3-5-13-28/h6-11,14-16H,2-5,12-13H2,1H3,(H,26,27,29). The Bertz CT molecular complexity index is 1450. The first kappa shape index (κ1) is 23.5. The van der Waals surface area contributed by atoms with Gasteiger partial charge in [-0.1, -0.05) is 12.8 Å². The van der Waals surface area contributed by atoms with E-state index in [1.807, 2.05) is 24.3 Å². The molecule has 0 atom stereocenters. The van der Waals surface area contributed by atoms with Crippen LogP contribution in [0.15, 0.2) is 63.2 Å². The summed E-state index contributed by atoms with van der Waals surface area (Å²) < 4.78 is 38.6. The second-order valence-corrected chi connectivity index (χ2v) is 11.1. The number of hydrogen-bond acceptors (Lipinski definition) is 7. The van der Waals surface area contributed by atoms with Crippen LogP contribution in [0.1, 0.15) is 36.0 Å². The monoisotopic (exact) mass is 511 g/mol. The largest absolute Gasteiger partial charge is 0.497 e. The van der Waals surface area contributed by atoms with Gasteiger partial charge in [-0.05, 0) is 55.3 Å². The number of hydrogen-bond donors (Lipinski definition) is 1. The summed E-state index contributed by atoms with van der Waals surface area (Å²) in [7, 11) is -1.96. The molecule has 1 fully saturated rings. The van der Waals surface area contributed by atoms with Crippen molar-refractivity contribution in [2.75, 3.05) is 25.5 Å². The van der Waals surface area contributed by atoms with Crippen molar-refractivity contribution >= 4 is 43.4 Å². The fourth-order valence-electron chi connectivity index (χ4n) is 4.09. The van der Waals surface area contributed by atoms with Gasteiger partial charge in [0.25, 0.3) is 5.91 Å². The number of furan rings is 1. The maximum atomic E-state index is 13.0. The third-order valence-corrected chi connectivity index (χ3v) is 8.69. The average molecular weight is 512 g/mol. The van der Waals surface area contributed by atoms with Gasteiger partial charge in [0.2, 0.25) is 10.0 Å². The molecule has 0 unspecified atom stereocenters. The number of nitrogens with zero attached hydrogens (tertiary/aromatic N) is 2. The molecule has 1 saturated heterocycles. The van der Waals surface area contributed by atoms with Gasteiger partial charge in [-0.3, -0.25) is 10.1 Å². The van der Waals surface area contributed by atoms with Crippen molar-refractivity contribution < 1.29 is 22.4 Å². The number of carbonyl (C=O) groups is 1. The summed E-state index contributed by atoms with van der Waals surface area (Å²) in [5, 5.41) is 5.93. The summed E-state index contributed by atoms with van der Waals surface area (Å²) in [5.41, 5.74) is 1.65. The molecule has 0 radical (unpaired) electrons. The molecule has 8 nitrogen and oxygen atoms in total. The Labute approximate surface area is 207 Å². The van der Waals surface area contributed by atoms with Gasteiger partial charge in [0, 0.05) is 35.5 Å². The molecular weight excluding hydrogens is 486 g/mol. The molecule has 4 aromatic rings. The molecule has 182 valence electrons. The van der Waals surface area contributed by atoms with Crippen LogP contribution >= 0.6 is 11.3 Å². The maximum absolute atomic E-state index is 13.0. The minimum absolute atomic E-state index is 0.203. The molecule has 3 heterocycles. The molecule has 0 aliphatic carbocycles. The van der Waals surface area contributed by atoms with E-state index in [2.05, 4.69) is 10.3 Å². The van der Waals surface area contributed by atoms with E-state index in [4.69, 9.17) is 9.15 Å². The SMILES string of the molecule is COc1ccc2cc(-c3csc(NC(=O)c4ccc(S(=O)(=O)N5CCCCCC5)cc4)n3)oc2c1. The molecule has 1 aliphatic rings. The van der Waals surface area contributed by atoms with Gasteiger partial charge in [0.1, 0.15) is 17.0 Å². The van der Waals surface area contributed by atoms with Crippen LogP contribution in [0.4, 0.5) is 5.13 Å². The number of nitrogens with one attached hydrogen (secondary N) is 1. The van der Waals surface area contributed by atoms with Crippen molar-refractivity contribution in [1.29, 1.82) is 0 Å². The summed E-state index contributed by atoms with van der Waals surface area (Å²) in [6.45, 7) is 1.07. The van der Waals surface area contributed by atoms with Gasteiger partial charge in [0.05, 0.1) is 12.0 Å². The van der Waals surface area contributed by atoms with Crippen LogP contribution < -0.4 is 10.1 Å². The lowest BCUT2D eigenvalue weighted by molar-refractivity contribution is 0.102. The maximum Gasteiger partial charge on any atom is 0.257 e. The zero-order valence-corrected chi connectivity index (χ0v) is 20.8. The lowest BCUT2D eigenvalue weighted by atomic mass is 10.2. The van der Waals surface area contributed by atoms with Gasteiger partial charge in [-0.15, -0.1) is 11.3 Å². The van der Waals surface area contributed by atoms with Gasteiger partial charge >= 0.3 is 0 Å². The van der Waals surface area contributed by atoms with Crippen LogP contribution in [0.3, 0.4) is 0 Å². The second kappa shape index (κ2) is 9.80. The first-order valence-electron chi connectivity index (χ1n) is 11.4. The molecule has 0 bridgehead atoms. The molecular formula is C25H25N3O5S2. The topological polar surface area (TPSA) is 102 Å². The second-order valence-electron chi connectivity index (χ2n) is 8.35. The van der Waals surface area contributed by atoms with E-state index in [-0.39, 0.29) is 10.8 Å². The smallest absolute Gasteiger partial charge is 0.257 e. The van der Waals surface area contributed by atoms with Gasteiger partial charge in [0.15, 0.2) is 10.9 Å². The van der Waals surface area contributed by atoms with Crippen LogP contribution in [0.2, 0.25) is 0 Å². The number of benzene rings is 2. The minimum Gasteiger partial charge on any atom is -0.497 e. The van der Waals surface area contributed by atoms with Crippen molar-refractivity contribution in [1.82, 2.24) is 9.29 Å². The van der Waals surface area contributed by atoms with E-state index < -0.39 is 10.0 Å². The summed E-state index contributed by atoms with van der Waals surface area (Å²) in [4.78, 5) is 17.4. The van der Waals surface area contributed by atoms with E-state index in [0.29, 0.717) is 46.6 Å². The van der Waals surface area contributed by atoms with Crippen LogP contribution in [0.25, 0.3) is 22.4 Å². The number of thiazole rings is 1. The third-order valence-electron chi connectivity index (χ3n) is 6.02. The van der Waals surface area contributed by atoms with Crippen molar-refractivity contribution in [3.8, 4) is 17.2 Å². The van der Waals surface area contributed by atoms with Crippen molar-refractivity contribution in [2.45, 2.75) is 30.6 Å². The first-order valence-corrected chi connectivity index (χ1v) is 13.7. The van der Waals surface area contributed by atoms with E-state index in [1.54, 1.807) is 16.8 Å². The van der Waals surface area contributed by atoms with Crippen molar-refractivity contribution in [3.63, 3.8) is 0 Å². The quantitative estimate of drug-likeness (QED) is 0.373. The van der Waals surface area contributed by atoms with Crippen LogP contribution in [0, 0.1) is 0 Å². The van der Waals surface area contributed by atoms with Gasteiger partial charge in [-0.25, -0.2) is 13.4 Å². The number of aromatic nitrogens is 1. The van der Waals surface area contributed by atoms with Crippen molar-refractivity contribution in [2.24, 2.45) is 0 Å². The first-order chi connectivity index (χ1) is 16.9. The van der Waals surface area contributed by atoms with Gasteiger partial charge in [-0.2, -0.15) is 4.31 Å². The summed E-state index contributed by atoms with van der Waals surface area (Å²) in [5.74, 6) is 0.932. The Morgan fingerprint density at radius 2 is 1.80 bits per heavy atom. The summed E-state index contributed by atoms with van der Waals surface area (Å²) in [6.07, 6.45) is 3.85. The van der Waals surface area contributed by atoms with Crippen molar-refractivity contribution in [3.05, 3.63) is 59.5 Å². The number of carbonyl (C=O) groups excluding carboxylic acids is 1. The average Bonchev–Trinajstić information content (AvgIpc) is 3.41. The molecule has 1 aliphatic heterocycles. The number of amides is 1. The summed E-state index contributed by atoms with van der Waals surface area (Å²) in [6, 6.07) is 13.5. The number of rotatable bonds is 6. The zero-order chi connectivity index (χ0) is 24.4. The number of methoxy groups -OCH3 is 1. The highest BCUT2D eigenvalue weighted by Gasteiger charge is 2.25.